The van der Waals surface area contributed by atoms with Crippen molar-refractivity contribution in [2.75, 3.05) is 20.1 Å². The minimum Gasteiger partial charge on any atom is -0.349 e. The number of aryl methyl sites for hydroxylation is 1. The second-order valence-corrected chi connectivity index (χ2v) is 12.2. The van der Waals surface area contributed by atoms with Gasteiger partial charge in [-0.1, -0.05) is 43.5 Å². The molecule has 3 N–H and O–H groups in total. The van der Waals surface area contributed by atoms with E-state index in [0.29, 0.717) is 19.5 Å². The summed E-state index contributed by atoms with van der Waals surface area (Å²) in [5.41, 5.74) is 2.44. The Hall–Kier alpha value is -2.94. The van der Waals surface area contributed by atoms with Crippen LogP contribution in [0.5, 0.6) is 0 Å². The normalized spacial score (nSPS) is 27.9. The van der Waals surface area contributed by atoms with Crippen LogP contribution in [0.1, 0.15) is 82.4 Å². The van der Waals surface area contributed by atoms with Crippen LogP contribution < -0.4 is 16.0 Å². The number of amides is 4. The topological polar surface area (TPSA) is 111 Å². The highest BCUT2D eigenvalue weighted by Gasteiger charge is 2.55. The molecule has 4 aliphatic rings. The van der Waals surface area contributed by atoms with Gasteiger partial charge in [-0.15, -0.1) is 0 Å². The van der Waals surface area contributed by atoms with E-state index in [1.54, 1.807) is 25.8 Å². The highest BCUT2D eigenvalue weighted by Crippen LogP contribution is 2.39. The molecule has 2 heterocycles. The summed E-state index contributed by atoms with van der Waals surface area (Å²) in [6.07, 6.45) is 8.58. The number of likely N-dealkylation sites (tertiary alicyclic amines) is 2. The van der Waals surface area contributed by atoms with Crippen LogP contribution in [0.15, 0.2) is 24.3 Å². The molecule has 2 unspecified atom stereocenters. The number of likely N-dealkylation sites (N-methyl/N-ethyl adjacent to an activating group) is 1. The van der Waals surface area contributed by atoms with Crippen LogP contribution >= 0.6 is 0 Å². The van der Waals surface area contributed by atoms with Gasteiger partial charge in [0.2, 0.25) is 23.6 Å². The van der Waals surface area contributed by atoms with E-state index in [9.17, 15) is 19.2 Å². The lowest BCUT2D eigenvalue weighted by molar-refractivity contribution is -0.141. The fourth-order valence-electron chi connectivity index (χ4n) is 7.56. The van der Waals surface area contributed by atoms with Crippen LogP contribution in [-0.4, -0.2) is 77.7 Å². The Morgan fingerprint density at radius 3 is 2.42 bits per heavy atom. The SMILES string of the molecule is CN[C@@H](C)C(=O)NC(C(=O)N1CC[C@@H]2[C@H]1[C@@H](C(=O)NC1CCCc3ccccc31)CN2C(C)=O)C1CCCCC1. The predicted octanol–water partition coefficient (Wildman–Crippen LogP) is 2.30. The summed E-state index contributed by atoms with van der Waals surface area (Å²) in [7, 11) is 1.73. The van der Waals surface area contributed by atoms with Crippen molar-refractivity contribution in [3.63, 3.8) is 0 Å². The number of nitrogens with one attached hydrogen (secondary N) is 3. The summed E-state index contributed by atoms with van der Waals surface area (Å²) in [4.78, 5) is 57.4. The molecule has 40 heavy (non-hydrogen) atoms. The summed E-state index contributed by atoms with van der Waals surface area (Å²) in [5.74, 6) is -0.894. The Balaban J connectivity index is 1.39. The summed E-state index contributed by atoms with van der Waals surface area (Å²) < 4.78 is 0. The maximum absolute atomic E-state index is 14.3. The standard InChI is InChI=1S/C31H45N5O4/c1-19(32-3)29(38)34-27(22-11-5-4-6-12-22)31(40)35-17-16-26-28(35)24(18-36(26)20(2)37)30(39)33-25-15-9-13-21-10-7-8-14-23(21)25/h7-8,10,14,19,22,24-28,32H,4-6,9,11-13,15-18H2,1-3H3,(H,33,39)(H,34,38)/t19-,24-,25?,26+,27?,28+/m0/s1. The van der Waals surface area contributed by atoms with Crippen LogP contribution in [0.3, 0.4) is 0 Å². The first-order chi connectivity index (χ1) is 19.3. The molecule has 9 nitrogen and oxygen atoms in total. The zero-order valence-electron chi connectivity index (χ0n) is 24.2. The predicted molar refractivity (Wildman–Crippen MR) is 152 cm³/mol. The molecule has 5 rings (SSSR count). The van der Waals surface area contributed by atoms with Crippen molar-refractivity contribution in [2.45, 2.75) is 102 Å². The monoisotopic (exact) mass is 551 g/mol. The Bertz CT molecular complexity index is 1120. The molecule has 2 saturated heterocycles. The molecule has 4 amide bonds. The third-order valence-electron chi connectivity index (χ3n) is 9.85. The van der Waals surface area contributed by atoms with E-state index < -0.39 is 18.0 Å². The Labute approximate surface area is 237 Å². The van der Waals surface area contributed by atoms with Crippen molar-refractivity contribution in [1.29, 1.82) is 0 Å². The number of benzene rings is 1. The van der Waals surface area contributed by atoms with Crippen molar-refractivity contribution in [2.24, 2.45) is 11.8 Å². The Morgan fingerprint density at radius 2 is 1.70 bits per heavy atom. The van der Waals surface area contributed by atoms with Crippen molar-refractivity contribution >= 4 is 23.6 Å². The van der Waals surface area contributed by atoms with Crippen LogP contribution in [0.2, 0.25) is 0 Å². The smallest absolute Gasteiger partial charge is 0.245 e. The second-order valence-electron chi connectivity index (χ2n) is 12.2. The van der Waals surface area contributed by atoms with Gasteiger partial charge in [-0.3, -0.25) is 19.2 Å². The lowest BCUT2D eigenvalue weighted by Crippen LogP contribution is -2.58. The van der Waals surface area contributed by atoms with E-state index in [2.05, 4.69) is 28.1 Å². The second kappa shape index (κ2) is 12.3. The molecule has 2 aliphatic heterocycles. The van der Waals surface area contributed by atoms with Crippen LogP contribution in [0.4, 0.5) is 0 Å². The van der Waals surface area contributed by atoms with Gasteiger partial charge in [-0.25, -0.2) is 0 Å². The van der Waals surface area contributed by atoms with Crippen molar-refractivity contribution < 1.29 is 19.2 Å². The maximum atomic E-state index is 14.3. The van der Waals surface area contributed by atoms with Gasteiger partial charge in [-0.05, 0) is 69.5 Å². The summed E-state index contributed by atoms with van der Waals surface area (Å²) in [5, 5.41) is 9.35. The van der Waals surface area contributed by atoms with Gasteiger partial charge in [0.15, 0.2) is 0 Å². The number of hydrogen-bond acceptors (Lipinski definition) is 5. The third kappa shape index (κ3) is 5.62. The molecule has 1 saturated carbocycles. The maximum Gasteiger partial charge on any atom is 0.245 e. The lowest BCUT2D eigenvalue weighted by atomic mass is 9.83. The molecule has 3 fully saturated rings. The van der Waals surface area contributed by atoms with Gasteiger partial charge < -0.3 is 25.8 Å². The number of nitrogens with zero attached hydrogens (tertiary/aromatic N) is 2. The van der Waals surface area contributed by atoms with Gasteiger partial charge in [0, 0.05) is 20.0 Å². The van der Waals surface area contributed by atoms with E-state index in [1.807, 2.05) is 17.0 Å². The number of carbonyl (C=O) groups is 4. The highest BCUT2D eigenvalue weighted by atomic mass is 16.2. The molecule has 218 valence electrons. The van der Waals surface area contributed by atoms with Crippen LogP contribution in [0.25, 0.3) is 0 Å². The highest BCUT2D eigenvalue weighted by molar-refractivity contribution is 5.91. The quantitative estimate of drug-likeness (QED) is 0.482. The molecule has 0 bridgehead atoms. The van der Waals surface area contributed by atoms with E-state index in [4.69, 9.17) is 0 Å². The van der Waals surface area contributed by atoms with Crippen molar-refractivity contribution in [3.05, 3.63) is 35.4 Å². The minimum atomic E-state index is -0.623. The fraction of sp³-hybridized carbons (Fsp3) is 0.677. The summed E-state index contributed by atoms with van der Waals surface area (Å²) in [6.45, 7) is 4.12. The zero-order chi connectivity index (χ0) is 28.4. The zero-order valence-corrected chi connectivity index (χ0v) is 24.2. The molecule has 1 aromatic rings. The molecular weight excluding hydrogens is 506 g/mol. The molecule has 9 heteroatoms. The van der Waals surface area contributed by atoms with Gasteiger partial charge in [0.05, 0.1) is 30.1 Å². The van der Waals surface area contributed by atoms with Crippen LogP contribution in [0, 0.1) is 11.8 Å². The molecule has 0 radical (unpaired) electrons. The largest absolute Gasteiger partial charge is 0.349 e. The summed E-state index contributed by atoms with van der Waals surface area (Å²) >= 11 is 0. The van der Waals surface area contributed by atoms with Gasteiger partial charge in [0.1, 0.15) is 6.04 Å². The van der Waals surface area contributed by atoms with E-state index in [0.717, 1.165) is 56.9 Å². The number of hydrogen-bond donors (Lipinski definition) is 3. The Kier molecular flexibility index (Phi) is 8.78. The molecule has 0 spiro atoms. The minimum absolute atomic E-state index is 0.0647. The molecular formula is C31H45N5O4. The fourth-order valence-corrected chi connectivity index (χ4v) is 7.56. The number of rotatable bonds is 7. The number of fused-ring (bicyclic) bond motifs is 2. The average Bonchev–Trinajstić information content (AvgIpc) is 3.57. The molecule has 1 aromatic carbocycles. The lowest BCUT2D eigenvalue weighted by Gasteiger charge is -2.36. The van der Waals surface area contributed by atoms with E-state index in [1.165, 1.54) is 5.56 Å². The van der Waals surface area contributed by atoms with Gasteiger partial charge in [-0.2, -0.15) is 0 Å². The van der Waals surface area contributed by atoms with Gasteiger partial charge in [0.25, 0.3) is 0 Å². The Morgan fingerprint density at radius 1 is 0.950 bits per heavy atom. The van der Waals surface area contributed by atoms with Crippen molar-refractivity contribution in [3.8, 4) is 0 Å². The molecule has 0 aromatic heterocycles. The first-order valence-electron chi connectivity index (χ1n) is 15.2. The summed E-state index contributed by atoms with van der Waals surface area (Å²) in [6, 6.07) is 6.59. The number of carbonyl (C=O) groups excluding carboxylic acids is 4. The van der Waals surface area contributed by atoms with E-state index in [-0.39, 0.29) is 47.7 Å². The van der Waals surface area contributed by atoms with Crippen LogP contribution in [-0.2, 0) is 25.6 Å². The first kappa shape index (κ1) is 28.6. The third-order valence-corrected chi connectivity index (χ3v) is 9.85. The molecule has 2 aliphatic carbocycles. The first-order valence-corrected chi connectivity index (χ1v) is 15.2. The van der Waals surface area contributed by atoms with Gasteiger partial charge >= 0.3 is 0 Å². The van der Waals surface area contributed by atoms with E-state index >= 15 is 0 Å². The molecule has 6 atom stereocenters. The van der Waals surface area contributed by atoms with Crippen molar-refractivity contribution in [1.82, 2.24) is 25.8 Å². The average molecular weight is 552 g/mol.